The van der Waals surface area contributed by atoms with E-state index in [4.69, 9.17) is 0 Å². The van der Waals surface area contributed by atoms with E-state index in [1.54, 1.807) is 0 Å². The third-order valence-electron chi connectivity index (χ3n) is 7.93. The fourth-order valence-corrected chi connectivity index (χ4v) is 6.63. The summed E-state index contributed by atoms with van der Waals surface area (Å²) < 4.78 is 0. The topological polar surface area (TPSA) is 0 Å². The molecule has 0 atom stereocenters. The summed E-state index contributed by atoms with van der Waals surface area (Å²) in [5.41, 5.74) is 12.9. The van der Waals surface area contributed by atoms with Crippen molar-refractivity contribution in [3.05, 3.63) is 155 Å². The van der Waals surface area contributed by atoms with Crippen LogP contribution in [0.25, 0.3) is 22.3 Å². The fourth-order valence-electron chi connectivity index (χ4n) is 6.63. The normalized spacial score (nSPS) is 14.0. The molecule has 34 heavy (non-hydrogen) atoms. The molecule has 5 aromatic carbocycles. The van der Waals surface area contributed by atoms with Crippen LogP contribution in [0.3, 0.4) is 0 Å². The molecule has 5 aromatic rings. The molecular weight excluding hydrogens is 408 g/mol. The molecule has 0 amide bonds. The van der Waals surface area contributed by atoms with Crippen LogP contribution < -0.4 is 0 Å². The van der Waals surface area contributed by atoms with Gasteiger partial charge in [0.1, 0.15) is 0 Å². The Hall–Kier alpha value is -3.90. The van der Waals surface area contributed by atoms with E-state index in [2.05, 4.69) is 127 Å². The Morgan fingerprint density at radius 2 is 0.706 bits per heavy atom. The smallest absolute Gasteiger partial charge is 0.0142 e. The van der Waals surface area contributed by atoms with Crippen molar-refractivity contribution in [2.24, 2.45) is 5.92 Å². The molecule has 0 heterocycles. The quantitative estimate of drug-likeness (QED) is 0.266. The van der Waals surface area contributed by atoms with Gasteiger partial charge in [-0.25, -0.2) is 0 Å². The molecule has 2 aliphatic carbocycles. The zero-order valence-electron chi connectivity index (χ0n) is 19.1. The third kappa shape index (κ3) is 2.92. The lowest BCUT2D eigenvalue weighted by Gasteiger charge is -2.32. The molecule has 162 valence electrons. The Morgan fingerprint density at radius 1 is 0.382 bits per heavy atom. The Balaban J connectivity index is 1.48. The van der Waals surface area contributed by atoms with Gasteiger partial charge in [-0.2, -0.15) is 0 Å². The largest absolute Gasteiger partial charge is 0.0622 e. The molecule has 0 saturated carbocycles. The molecule has 7 rings (SSSR count). The lowest BCUT2D eigenvalue weighted by atomic mass is 9.70. The predicted octanol–water partition coefficient (Wildman–Crippen LogP) is 8.47. The highest BCUT2D eigenvalue weighted by Crippen LogP contribution is 2.57. The number of hydrogen-bond donors (Lipinski definition) is 0. The van der Waals surface area contributed by atoms with Crippen LogP contribution in [-0.4, -0.2) is 0 Å². The van der Waals surface area contributed by atoms with E-state index in [-0.39, 0.29) is 0 Å². The van der Waals surface area contributed by atoms with Crippen molar-refractivity contribution in [1.29, 1.82) is 0 Å². The number of rotatable bonds is 4. The molecule has 0 heteroatoms. The highest BCUT2D eigenvalue weighted by Gasteiger charge is 2.42. The SMILES string of the molecule is c1ccc(CC(C2c3ccccc3-c3ccccc32)C2c3ccccc3-c3ccccc32)cc1. The lowest BCUT2D eigenvalue weighted by Crippen LogP contribution is -2.23. The molecule has 0 fully saturated rings. The highest BCUT2D eigenvalue weighted by atomic mass is 14.4. The summed E-state index contributed by atoms with van der Waals surface area (Å²) in [6, 6.07) is 47.4. The first-order valence-corrected chi connectivity index (χ1v) is 12.3. The molecule has 0 aromatic heterocycles. The van der Waals surface area contributed by atoms with E-state index in [1.165, 1.54) is 50.1 Å². The van der Waals surface area contributed by atoms with Crippen LogP contribution >= 0.6 is 0 Å². The highest BCUT2D eigenvalue weighted by molar-refractivity contribution is 5.81. The van der Waals surface area contributed by atoms with Crippen molar-refractivity contribution < 1.29 is 0 Å². The average Bonchev–Trinajstić information content (AvgIpc) is 3.41. The van der Waals surface area contributed by atoms with Crippen LogP contribution in [0.2, 0.25) is 0 Å². The fraction of sp³-hybridized carbons (Fsp3) is 0.118. The first-order valence-electron chi connectivity index (χ1n) is 12.3. The van der Waals surface area contributed by atoms with Crippen LogP contribution in [0.15, 0.2) is 127 Å². The average molecular weight is 435 g/mol. The maximum Gasteiger partial charge on any atom is 0.0142 e. The summed E-state index contributed by atoms with van der Waals surface area (Å²) in [4.78, 5) is 0. The molecule has 2 aliphatic rings. The Labute approximate surface area is 201 Å². The number of fused-ring (bicyclic) bond motifs is 6. The second kappa shape index (κ2) is 7.85. The summed E-state index contributed by atoms with van der Waals surface area (Å²) in [5.74, 6) is 1.13. The molecule has 0 radical (unpaired) electrons. The summed E-state index contributed by atoms with van der Waals surface area (Å²) in [6.07, 6.45) is 1.04. The lowest BCUT2D eigenvalue weighted by molar-refractivity contribution is 0.423. The van der Waals surface area contributed by atoms with Crippen molar-refractivity contribution in [2.75, 3.05) is 0 Å². The van der Waals surface area contributed by atoms with Gasteiger partial charge in [-0.15, -0.1) is 0 Å². The van der Waals surface area contributed by atoms with Gasteiger partial charge in [0.2, 0.25) is 0 Å². The predicted molar refractivity (Wildman–Crippen MR) is 141 cm³/mol. The van der Waals surface area contributed by atoms with Gasteiger partial charge in [0.25, 0.3) is 0 Å². The van der Waals surface area contributed by atoms with E-state index in [0.717, 1.165) is 6.42 Å². The summed E-state index contributed by atoms with van der Waals surface area (Å²) >= 11 is 0. The number of hydrogen-bond acceptors (Lipinski definition) is 0. The van der Waals surface area contributed by atoms with Crippen LogP contribution in [-0.2, 0) is 6.42 Å². The summed E-state index contributed by atoms with van der Waals surface area (Å²) in [6.45, 7) is 0. The monoisotopic (exact) mass is 434 g/mol. The summed E-state index contributed by atoms with van der Waals surface area (Å²) in [5, 5.41) is 0. The van der Waals surface area contributed by atoms with E-state index < -0.39 is 0 Å². The minimum atomic E-state index is 0.358. The second-order valence-corrected chi connectivity index (χ2v) is 9.66. The molecule has 0 unspecified atom stereocenters. The molecule has 0 saturated heterocycles. The third-order valence-corrected chi connectivity index (χ3v) is 7.93. The molecular formula is C34H26. The Morgan fingerprint density at radius 3 is 1.09 bits per heavy atom. The van der Waals surface area contributed by atoms with Crippen LogP contribution in [0.1, 0.15) is 39.7 Å². The van der Waals surface area contributed by atoms with Gasteiger partial charge < -0.3 is 0 Å². The molecule has 0 bridgehead atoms. The van der Waals surface area contributed by atoms with Gasteiger partial charge in [-0.05, 0) is 62.4 Å². The van der Waals surface area contributed by atoms with Crippen molar-refractivity contribution in [2.45, 2.75) is 18.3 Å². The maximum absolute atomic E-state index is 2.37. The minimum absolute atomic E-state index is 0.358. The molecule has 0 spiro atoms. The van der Waals surface area contributed by atoms with Gasteiger partial charge in [0.05, 0.1) is 0 Å². The van der Waals surface area contributed by atoms with Crippen LogP contribution in [0.4, 0.5) is 0 Å². The van der Waals surface area contributed by atoms with Gasteiger partial charge in [-0.1, -0.05) is 127 Å². The zero-order valence-corrected chi connectivity index (χ0v) is 19.1. The zero-order chi connectivity index (χ0) is 22.5. The molecule has 0 nitrogen and oxygen atoms in total. The van der Waals surface area contributed by atoms with Crippen molar-refractivity contribution in [3.63, 3.8) is 0 Å². The Kier molecular flexibility index (Phi) is 4.52. The van der Waals surface area contributed by atoms with Crippen LogP contribution in [0.5, 0.6) is 0 Å². The molecule has 0 N–H and O–H groups in total. The van der Waals surface area contributed by atoms with E-state index in [0.29, 0.717) is 17.8 Å². The first kappa shape index (κ1) is 19.6. The molecule has 0 aliphatic heterocycles. The van der Waals surface area contributed by atoms with Crippen molar-refractivity contribution >= 4 is 0 Å². The van der Waals surface area contributed by atoms with E-state index in [1.807, 2.05) is 0 Å². The summed E-state index contributed by atoms with van der Waals surface area (Å²) in [7, 11) is 0. The van der Waals surface area contributed by atoms with Crippen LogP contribution in [0, 0.1) is 5.92 Å². The van der Waals surface area contributed by atoms with E-state index in [9.17, 15) is 0 Å². The van der Waals surface area contributed by atoms with Gasteiger partial charge in [0.15, 0.2) is 0 Å². The Bertz CT molecular complexity index is 1310. The minimum Gasteiger partial charge on any atom is -0.0622 e. The van der Waals surface area contributed by atoms with Gasteiger partial charge in [0, 0.05) is 11.8 Å². The van der Waals surface area contributed by atoms with Crippen molar-refractivity contribution in [1.82, 2.24) is 0 Å². The van der Waals surface area contributed by atoms with Gasteiger partial charge >= 0.3 is 0 Å². The first-order chi connectivity index (χ1) is 16.9. The van der Waals surface area contributed by atoms with Gasteiger partial charge in [-0.3, -0.25) is 0 Å². The standard InChI is InChI=1S/C34H26/c1-2-12-23(13-3-1)22-32(33-28-18-8-4-14-24(28)25-15-5-9-19-29(25)33)34-30-20-10-6-16-26(30)27-17-7-11-21-31(27)34/h1-21,32-34H,22H2. The van der Waals surface area contributed by atoms with Crippen molar-refractivity contribution in [3.8, 4) is 22.3 Å². The maximum atomic E-state index is 2.37. The number of benzene rings is 5. The second-order valence-electron chi connectivity index (χ2n) is 9.66. The van der Waals surface area contributed by atoms with E-state index >= 15 is 0 Å².